The Bertz CT molecular complexity index is 1100. The maximum absolute atomic E-state index is 12.9. The number of rotatable bonds is 11. The van der Waals surface area contributed by atoms with E-state index in [0.29, 0.717) is 17.8 Å². The molecule has 0 spiro atoms. The van der Waals surface area contributed by atoms with Crippen LogP contribution in [0, 0.1) is 5.92 Å². The van der Waals surface area contributed by atoms with Gasteiger partial charge in [0.25, 0.3) is 10.0 Å². The third kappa shape index (κ3) is 7.02. The van der Waals surface area contributed by atoms with Gasteiger partial charge in [0, 0.05) is 12.6 Å². The molecule has 2 N–H and O–H groups in total. The van der Waals surface area contributed by atoms with Crippen LogP contribution >= 0.6 is 0 Å². The predicted molar refractivity (Wildman–Crippen MR) is 133 cm³/mol. The van der Waals surface area contributed by atoms with Crippen LogP contribution in [0.4, 0.5) is 5.69 Å². The first-order valence-electron chi connectivity index (χ1n) is 11.6. The molecule has 3 rings (SSSR count). The van der Waals surface area contributed by atoms with Crippen molar-refractivity contribution in [3.05, 3.63) is 60.2 Å². The molecule has 2 aromatic carbocycles. The van der Waals surface area contributed by atoms with Gasteiger partial charge in [-0.15, -0.1) is 4.83 Å². The molecule has 33 heavy (non-hydrogen) atoms. The van der Waals surface area contributed by atoms with Crippen molar-refractivity contribution in [2.75, 3.05) is 10.2 Å². The molecule has 0 aliphatic heterocycles. The molecule has 9 heteroatoms. The Hall–Kier alpha value is -1.94. The highest BCUT2D eigenvalue weighted by Crippen LogP contribution is 2.28. The van der Waals surface area contributed by atoms with Crippen molar-refractivity contribution in [3.63, 3.8) is 0 Å². The summed E-state index contributed by atoms with van der Waals surface area (Å²) in [6.07, 6.45) is 7.54. The molecule has 0 radical (unpaired) electrons. The SMILES string of the molecule is CCS(=O)(=O)N(NS(=O)(=O)c1ccccc1)c1ccccc1CN[C@@H](C)CC1CCCCC1. The predicted octanol–water partition coefficient (Wildman–Crippen LogP) is 4.18. The van der Waals surface area contributed by atoms with Crippen molar-refractivity contribution in [2.24, 2.45) is 5.92 Å². The fraction of sp³-hybridized carbons (Fsp3) is 0.500. The van der Waals surface area contributed by atoms with Crippen molar-refractivity contribution in [2.45, 2.75) is 69.9 Å². The number of anilines is 1. The van der Waals surface area contributed by atoms with Crippen molar-refractivity contribution in [1.29, 1.82) is 0 Å². The summed E-state index contributed by atoms with van der Waals surface area (Å²) in [5.74, 6) is 0.482. The van der Waals surface area contributed by atoms with Crippen molar-refractivity contribution < 1.29 is 16.8 Å². The Balaban J connectivity index is 1.81. The fourth-order valence-electron chi connectivity index (χ4n) is 4.30. The van der Waals surface area contributed by atoms with E-state index in [4.69, 9.17) is 0 Å². The van der Waals surface area contributed by atoms with E-state index in [1.54, 1.807) is 30.3 Å². The minimum absolute atomic E-state index is 0.00184. The van der Waals surface area contributed by atoms with Crippen LogP contribution in [0.25, 0.3) is 0 Å². The Morgan fingerprint density at radius 2 is 1.58 bits per heavy atom. The third-order valence-corrected chi connectivity index (χ3v) is 9.17. The van der Waals surface area contributed by atoms with Crippen molar-refractivity contribution >= 4 is 25.7 Å². The molecule has 0 unspecified atom stereocenters. The maximum Gasteiger partial charge on any atom is 0.258 e. The summed E-state index contributed by atoms with van der Waals surface area (Å²) in [5, 5.41) is 3.51. The second-order valence-electron chi connectivity index (χ2n) is 8.72. The van der Waals surface area contributed by atoms with Gasteiger partial charge < -0.3 is 5.32 Å². The first-order chi connectivity index (χ1) is 15.7. The number of nitrogens with one attached hydrogen (secondary N) is 2. The molecule has 7 nitrogen and oxygen atoms in total. The van der Waals surface area contributed by atoms with Crippen molar-refractivity contribution in [1.82, 2.24) is 10.1 Å². The molecule has 1 saturated carbocycles. The molecule has 0 saturated heterocycles. The number of benzene rings is 2. The van der Waals surface area contributed by atoms with Gasteiger partial charge in [-0.25, -0.2) is 16.8 Å². The molecule has 0 bridgehead atoms. The molecule has 1 fully saturated rings. The molecule has 182 valence electrons. The molecule has 0 amide bonds. The monoisotopic (exact) mass is 493 g/mol. The normalized spacial score (nSPS) is 16.4. The summed E-state index contributed by atoms with van der Waals surface area (Å²) in [5.41, 5.74) is 1.01. The highest BCUT2D eigenvalue weighted by Gasteiger charge is 2.29. The third-order valence-electron chi connectivity index (χ3n) is 6.16. The second-order valence-corrected chi connectivity index (χ2v) is 12.5. The molecule has 2 aromatic rings. The largest absolute Gasteiger partial charge is 0.310 e. The molecular weight excluding hydrogens is 458 g/mol. The first-order valence-corrected chi connectivity index (χ1v) is 14.7. The van der Waals surface area contributed by atoms with Gasteiger partial charge in [-0.3, -0.25) is 0 Å². The van der Waals surface area contributed by atoms with Crippen LogP contribution < -0.4 is 14.6 Å². The van der Waals surface area contributed by atoms with Gasteiger partial charge in [0.15, 0.2) is 0 Å². The lowest BCUT2D eigenvalue weighted by Crippen LogP contribution is -2.47. The Morgan fingerprint density at radius 3 is 2.24 bits per heavy atom. The van der Waals surface area contributed by atoms with Gasteiger partial charge in [0.2, 0.25) is 10.0 Å². The van der Waals surface area contributed by atoms with Crippen LogP contribution in [0.5, 0.6) is 0 Å². The van der Waals surface area contributed by atoms with Gasteiger partial charge in [-0.2, -0.15) is 4.41 Å². The van der Waals surface area contributed by atoms with E-state index in [-0.39, 0.29) is 16.7 Å². The lowest BCUT2D eigenvalue weighted by atomic mass is 9.85. The number of nitrogens with zero attached hydrogens (tertiary/aromatic N) is 1. The summed E-state index contributed by atoms with van der Waals surface area (Å²) < 4.78 is 52.6. The molecule has 1 aliphatic rings. The smallest absolute Gasteiger partial charge is 0.258 e. The lowest BCUT2D eigenvalue weighted by Gasteiger charge is -2.28. The zero-order chi connectivity index (χ0) is 23.9. The zero-order valence-electron chi connectivity index (χ0n) is 19.4. The average Bonchev–Trinajstić information content (AvgIpc) is 2.82. The van der Waals surface area contributed by atoms with E-state index in [1.807, 2.05) is 12.1 Å². The zero-order valence-corrected chi connectivity index (χ0v) is 21.0. The van der Waals surface area contributed by atoms with Gasteiger partial charge >= 0.3 is 0 Å². The summed E-state index contributed by atoms with van der Waals surface area (Å²) in [6.45, 7) is 4.08. The van der Waals surface area contributed by atoms with Crippen LogP contribution in [-0.4, -0.2) is 28.6 Å². The molecule has 0 aromatic heterocycles. The quantitative estimate of drug-likeness (QED) is 0.458. The number of hydrogen-bond donors (Lipinski definition) is 2. The average molecular weight is 494 g/mol. The maximum atomic E-state index is 12.9. The first kappa shape index (κ1) is 25.7. The summed E-state index contributed by atoms with van der Waals surface area (Å²) in [7, 11) is -8.01. The number of hydrogen-bond acceptors (Lipinski definition) is 5. The Morgan fingerprint density at radius 1 is 0.939 bits per heavy atom. The Kier molecular flexibility index (Phi) is 8.92. The highest BCUT2D eigenvalue weighted by atomic mass is 32.2. The van der Waals surface area contributed by atoms with Gasteiger partial charge in [-0.05, 0) is 49.9 Å². The van der Waals surface area contributed by atoms with E-state index >= 15 is 0 Å². The highest BCUT2D eigenvalue weighted by molar-refractivity contribution is 7.95. The van der Waals surface area contributed by atoms with Crippen LogP contribution in [0.15, 0.2) is 59.5 Å². The van der Waals surface area contributed by atoms with Crippen LogP contribution in [0.1, 0.15) is 57.9 Å². The fourth-order valence-corrected chi connectivity index (χ4v) is 6.72. The van der Waals surface area contributed by atoms with E-state index in [2.05, 4.69) is 17.1 Å². The standard InChI is InChI=1S/C24H35N3O4S2/c1-3-32(28,29)27(26-33(30,31)23-15-8-5-9-16-23)24-17-11-10-14-22(24)19-25-20(2)18-21-12-6-4-7-13-21/h5,8-11,14-17,20-21,25-26H,3-4,6-7,12-13,18-19H2,1-2H3/t20-/m0/s1. The van der Waals surface area contributed by atoms with Crippen LogP contribution in [0.3, 0.4) is 0 Å². The number of hydrazine groups is 1. The molecule has 1 aliphatic carbocycles. The molecule has 1 atom stereocenters. The Labute approximate surface area is 198 Å². The molecular formula is C24H35N3O4S2. The lowest BCUT2D eigenvalue weighted by molar-refractivity contribution is 0.304. The number of sulfonamides is 2. The summed E-state index contributed by atoms with van der Waals surface area (Å²) >= 11 is 0. The van der Waals surface area contributed by atoms with Gasteiger partial charge in [0.05, 0.1) is 16.3 Å². The van der Waals surface area contributed by atoms with Gasteiger partial charge in [0.1, 0.15) is 0 Å². The molecule has 0 heterocycles. The van der Waals surface area contributed by atoms with E-state index in [1.165, 1.54) is 51.2 Å². The van der Waals surface area contributed by atoms with E-state index in [0.717, 1.165) is 16.8 Å². The van der Waals surface area contributed by atoms with E-state index in [9.17, 15) is 16.8 Å². The van der Waals surface area contributed by atoms with Crippen LogP contribution in [-0.2, 0) is 26.6 Å². The topological polar surface area (TPSA) is 95.6 Å². The van der Waals surface area contributed by atoms with Gasteiger partial charge in [-0.1, -0.05) is 68.5 Å². The minimum atomic E-state index is -4.09. The number of para-hydroxylation sites is 1. The van der Waals surface area contributed by atoms with E-state index < -0.39 is 20.0 Å². The summed E-state index contributed by atoms with van der Waals surface area (Å²) in [4.78, 5) is 2.30. The van der Waals surface area contributed by atoms with Crippen molar-refractivity contribution in [3.8, 4) is 0 Å². The second kappa shape index (κ2) is 11.5. The minimum Gasteiger partial charge on any atom is -0.310 e. The van der Waals surface area contributed by atoms with Crippen LogP contribution in [0.2, 0.25) is 0 Å². The summed E-state index contributed by atoms with van der Waals surface area (Å²) in [6, 6.07) is 15.0.